The van der Waals surface area contributed by atoms with E-state index in [1.807, 2.05) is 36.4 Å². The SMILES string of the molecule is CCc1cc(CNC(C)C)cc(Oc2ccccc2)n1. The third-order valence-corrected chi connectivity index (χ3v) is 2.96. The van der Waals surface area contributed by atoms with Crippen molar-refractivity contribution in [1.29, 1.82) is 0 Å². The smallest absolute Gasteiger partial charge is 0.219 e. The Kier molecular flexibility index (Phi) is 5.13. The number of nitrogens with zero attached hydrogens (tertiary/aromatic N) is 1. The van der Waals surface area contributed by atoms with Gasteiger partial charge < -0.3 is 10.1 Å². The first kappa shape index (κ1) is 14.5. The lowest BCUT2D eigenvalue weighted by Gasteiger charge is -2.11. The number of aromatic nitrogens is 1. The first-order chi connectivity index (χ1) is 9.67. The summed E-state index contributed by atoms with van der Waals surface area (Å²) in [5.74, 6) is 1.48. The summed E-state index contributed by atoms with van der Waals surface area (Å²) < 4.78 is 5.83. The summed E-state index contributed by atoms with van der Waals surface area (Å²) in [5.41, 5.74) is 2.26. The Morgan fingerprint density at radius 3 is 2.55 bits per heavy atom. The average molecular weight is 270 g/mol. The van der Waals surface area contributed by atoms with Gasteiger partial charge in [-0.05, 0) is 30.2 Å². The van der Waals surface area contributed by atoms with Gasteiger partial charge in [-0.3, -0.25) is 0 Å². The monoisotopic (exact) mass is 270 g/mol. The number of benzene rings is 1. The van der Waals surface area contributed by atoms with Crippen molar-refractivity contribution in [1.82, 2.24) is 10.3 Å². The number of hydrogen-bond acceptors (Lipinski definition) is 3. The molecule has 1 N–H and O–H groups in total. The van der Waals surface area contributed by atoms with Gasteiger partial charge in [0.25, 0.3) is 0 Å². The van der Waals surface area contributed by atoms with Crippen LogP contribution in [0.3, 0.4) is 0 Å². The van der Waals surface area contributed by atoms with Crippen LogP contribution in [0, 0.1) is 0 Å². The Bertz CT molecular complexity index is 538. The lowest BCUT2D eigenvalue weighted by Crippen LogP contribution is -2.22. The number of aryl methyl sites for hydroxylation is 1. The number of nitrogens with one attached hydrogen (secondary N) is 1. The summed E-state index contributed by atoms with van der Waals surface area (Å²) in [6.45, 7) is 7.22. The summed E-state index contributed by atoms with van der Waals surface area (Å²) in [6.07, 6.45) is 0.903. The average Bonchev–Trinajstić information content (AvgIpc) is 2.46. The van der Waals surface area contributed by atoms with Crippen molar-refractivity contribution >= 4 is 0 Å². The first-order valence-electron chi connectivity index (χ1n) is 7.13. The molecule has 1 aromatic carbocycles. The van der Waals surface area contributed by atoms with Crippen LogP contribution in [0.25, 0.3) is 0 Å². The molecule has 0 unspecified atom stereocenters. The van der Waals surface area contributed by atoms with E-state index in [9.17, 15) is 0 Å². The fraction of sp³-hybridized carbons (Fsp3) is 0.353. The van der Waals surface area contributed by atoms with E-state index < -0.39 is 0 Å². The predicted octanol–water partition coefficient (Wildman–Crippen LogP) is 3.93. The summed E-state index contributed by atoms with van der Waals surface area (Å²) >= 11 is 0. The van der Waals surface area contributed by atoms with Crippen LogP contribution in [-0.4, -0.2) is 11.0 Å². The molecule has 3 nitrogen and oxygen atoms in total. The quantitative estimate of drug-likeness (QED) is 0.863. The maximum atomic E-state index is 5.83. The van der Waals surface area contributed by atoms with Gasteiger partial charge in [-0.25, -0.2) is 4.98 Å². The minimum absolute atomic E-state index is 0.465. The third kappa shape index (κ3) is 4.35. The zero-order valence-corrected chi connectivity index (χ0v) is 12.4. The molecule has 0 aliphatic rings. The molecule has 0 bridgehead atoms. The minimum atomic E-state index is 0.465. The second-order valence-corrected chi connectivity index (χ2v) is 5.11. The second kappa shape index (κ2) is 7.06. The van der Waals surface area contributed by atoms with Crippen LogP contribution in [0.2, 0.25) is 0 Å². The Hall–Kier alpha value is -1.87. The molecule has 0 aliphatic heterocycles. The van der Waals surface area contributed by atoms with Gasteiger partial charge in [-0.15, -0.1) is 0 Å². The van der Waals surface area contributed by atoms with Crippen molar-refractivity contribution in [3.63, 3.8) is 0 Å². The Balaban J connectivity index is 2.17. The normalized spacial score (nSPS) is 10.8. The first-order valence-corrected chi connectivity index (χ1v) is 7.13. The zero-order valence-electron chi connectivity index (χ0n) is 12.4. The lowest BCUT2D eigenvalue weighted by molar-refractivity contribution is 0.459. The fourth-order valence-electron chi connectivity index (χ4n) is 1.89. The molecule has 0 aliphatic carbocycles. The number of rotatable bonds is 6. The van der Waals surface area contributed by atoms with Crippen molar-refractivity contribution < 1.29 is 4.74 Å². The van der Waals surface area contributed by atoms with Gasteiger partial charge in [0, 0.05) is 24.3 Å². The molecule has 0 saturated heterocycles. The number of hydrogen-bond donors (Lipinski definition) is 1. The topological polar surface area (TPSA) is 34.1 Å². The summed E-state index contributed by atoms with van der Waals surface area (Å²) in [6, 6.07) is 14.4. The third-order valence-electron chi connectivity index (χ3n) is 2.96. The van der Waals surface area contributed by atoms with Crippen LogP contribution in [0.4, 0.5) is 0 Å². The molecule has 0 saturated carbocycles. The highest BCUT2D eigenvalue weighted by Gasteiger charge is 2.05. The zero-order chi connectivity index (χ0) is 14.4. The largest absolute Gasteiger partial charge is 0.439 e. The molecule has 2 rings (SSSR count). The van der Waals surface area contributed by atoms with Gasteiger partial charge in [0.05, 0.1) is 0 Å². The maximum Gasteiger partial charge on any atom is 0.219 e. The van der Waals surface area contributed by atoms with Gasteiger partial charge in [0.2, 0.25) is 5.88 Å². The summed E-state index contributed by atoms with van der Waals surface area (Å²) in [7, 11) is 0. The molecule has 1 aromatic heterocycles. The van der Waals surface area contributed by atoms with Gasteiger partial charge in [0.15, 0.2) is 0 Å². The van der Waals surface area contributed by atoms with E-state index in [0.29, 0.717) is 11.9 Å². The molecule has 2 aromatic rings. The lowest BCUT2D eigenvalue weighted by atomic mass is 10.2. The van der Waals surface area contributed by atoms with Crippen molar-refractivity contribution in [2.45, 2.75) is 39.8 Å². The van der Waals surface area contributed by atoms with Gasteiger partial charge >= 0.3 is 0 Å². The number of para-hydroxylation sites is 1. The van der Waals surface area contributed by atoms with Crippen LogP contribution < -0.4 is 10.1 Å². The second-order valence-electron chi connectivity index (χ2n) is 5.11. The summed E-state index contributed by atoms with van der Waals surface area (Å²) in [4.78, 5) is 4.52. The molecule has 20 heavy (non-hydrogen) atoms. The van der Waals surface area contributed by atoms with Crippen molar-refractivity contribution in [3.05, 3.63) is 53.7 Å². The van der Waals surface area contributed by atoms with Gasteiger partial charge in [0.1, 0.15) is 5.75 Å². The highest BCUT2D eigenvalue weighted by atomic mass is 16.5. The fourth-order valence-corrected chi connectivity index (χ4v) is 1.89. The molecule has 0 atom stereocenters. The molecule has 0 radical (unpaired) electrons. The minimum Gasteiger partial charge on any atom is -0.439 e. The van der Waals surface area contributed by atoms with E-state index in [0.717, 1.165) is 24.4 Å². The van der Waals surface area contributed by atoms with Crippen molar-refractivity contribution in [3.8, 4) is 11.6 Å². The highest BCUT2D eigenvalue weighted by Crippen LogP contribution is 2.21. The maximum absolute atomic E-state index is 5.83. The standard InChI is InChI=1S/C17H22N2O/c1-4-15-10-14(12-18-13(2)3)11-17(19-15)20-16-8-6-5-7-9-16/h5-11,13,18H,4,12H2,1-3H3. The molecule has 0 fully saturated rings. The van der Waals surface area contributed by atoms with E-state index in [-0.39, 0.29) is 0 Å². The number of pyridine rings is 1. The molecule has 0 spiro atoms. The van der Waals surface area contributed by atoms with Crippen LogP contribution in [0.1, 0.15) is 32.0 Å². The number of ether oxygens (including phenoxy) is 1. The van der Waals surface area contributed by atoms with Crippen molar-refractivity contribution in [2.24, 2.45) is 0 Å². The van der Waals surface area contributed by atoms with Crippen LogP contribution in [-0.2, 0) is 13.0 Å². The Labute approximate surface area is 121 Å². The van der Waals surface area contributed by atoms with Crippen LogP contribution >= 0.6 is 0 Å². The molecule has 1 heterocycles. The van der Waals surface area contributed by atoms with E-state index in [2.05, 4.69) is 37.1 Å². The Morgan fingerprint density at radius 2 is 1.90 bits per heavy atom. The van der Waals surface area contributed by atoms with Crippen LogP contribution in [0.15, 0.2) is 42.5 Å². The highest BCUT2D eigenvalue weighted by molar-refractivity contribution is 5.30. The van der Waals surface area contributed by atoms with E-state index in [1.165, 1.54) is 5.56 Å². The molecule has 0 amide bonds. The van der Waals surface area contributed by atoms with Crippen LogP contribution in [0.5, 0.6) is 11.6 Å². The molecular formula is C17H22N2O. The van der Waals surface area contributed by atoms with Crippen molar-refractivity contribution in [2.75, 3.05) is 0 Å². The Morgan fingerprint density at radius 1 is 1.15 bits per heavy atom. The van der Waals surface area contributed by atoms with Gasteiger partial charge in [-0.2, -0.15) is 0 Å². The summed E-state index contributed by atoms with van der Waals surface area (Å²) in [5, 5.41) is 3.42. The molecule has 106 valence electrons. The van der Waals surface area contributed by atoms with E-state index in [1.54, 1.807) is 0 Å². The van der Waals surface area contributed by atoms with E-state index >= 15 is 0 Å². The predicted molar refractivity (Wildman–Crippen MR) is 82.1 cm³/mol. The molecular weight excluding hydrogens is 248 g/mol. The molecule has 3 heteroatoms. The van der Waals surface area contributed by atoms with Gasteiger partial charge in [-0.1, -0.05) is 39.0 Å². The van der Waals surface area contributed by atoms with E-state index in [4.69, 9.17) is 4.74 Å².